The highest BCUT2D eigenvalue weighted by molar-refractivity contribution is 9.10. The van der Waals surface area contributed by atoms with Gasteiger partial charge < -0.3 is 14.2 Å². The number of ether oxygens (including phenoxy) is 3. The van der Waals surface area contributed by atoms with Crippen molar-refractivity contribution in [2.24, 2.45) is 5.10 Å². The molecule has 4 rings (SSSR count). The van der Waals surface area contributed by atoms with Crippen LogP contribution in [0, 0.1) is 0 Å². The molecule has 1 atom stereocenters. The van der Waals surface area contributed by atoms with Gasteiger partial charge in [-0.2, -0.15) is 9.78 Å². The summed E-state index contributed by atoms with van der Waals surface area (Å²) in [5.74, 6) is 0.782. The first-order valence-corrected chi connectivity index (χ1v) is 14.4. The second-order valence-electron chi connectivity index (χ2n) is 8.97. The summed E-state index contributed by atoms with van der Waals surface area (Å²) < 4.78 is 19.0. The maximum Gasteiger partial charge on any atom is 0.346 e. The van der Waals surface area contributed by atoms with E-state index in [1.54, 1.807) is 25.3 Å². The van der Waals surface area contributed by atoms with Crippen LogP contribution in [0.4, 0.5) is 0 Å². The number of fused-ring (bicyclic) bond motifs is 1. The molecule has 38 heavy (non-hydrogen) atoms. The maximum atomic E-state index is 13.6. The van der Waals surface area contributed by atoms with E-state index in [9.17, 15) is 9.59 Å². The molecule has 0 N–H and O–H groups in total. The summed E-state index contributed by atoms with van der Waals surface area (Å²) >= 11 is 13.6. The molecule has 202 valence electrons. The molecule has 1 aliphatic carbocycles. The van der Waals surface area contributed by atoms with E-state index in [1.807, 2.05) is 19.1 Å². The Morgan fingerprint density at radius 2 is 2.00 bits per heavy atom. The molecule has 1 fully saturated rings. The zero-order valence-electron chi connectivity index (χ0n) is 21.3. The average molecular weight is 670 g/mol. The number of halogens is 3. The van der Waals surface area contributed by atoms with Crippen molar-refractivity contribution < 1.29 is 19.0 Å². The van der Waals surface area contributed by atoms with Gasteiger partial charge in [0.2, 0.25) is 0 Å². The second-order valence-corrected chi connectivity index (χ2v) is 11.1. The van der Waals surface area contributed by atoms with Gasteiger partial charge in [-0.25, -0.2) is 9.78 Å². The fourth-order valence-electron chi connectivity index (χ4n) is 4.48. The standard InChI is InChI=1S/C27H28Br2ClN3O5/c1-4-37-21-12-17(22(29)23(30)24(21)38-15(2)27(35)36-3)14-31-33-25(16-8-6-5-7-9-16)32-20-11-10-18(28)13-19(20)26(33)34/h10-16H,4-9H2,1-3H3/t15-/m1/s1. The highest BCUT2D eigenvalue weighted by Crippen LogP contribution is 2.43. The summed E-state index contributed by atoms with van der Waals surface area (Å²) in [7, 11) is 1.28. The fraction of sp³-hybridized carbons (Fsp3) is 0.407. The Balaban J connectivity index is 1.82. The SMILES string of the molecule is CCOc1cc(C=Nn2c(C3CCCCC3)nc3ccc(Br)cc3c2=O)c(Br)c(Cl)c1O[C@H](C)C(=O)OC. The van der Waals surface area contributed by atoms with Crippen LogP contribution < -0.4 is 15.0 Å². The number of hydrogen-bond donors (Lipinski definition) is 0. The highest BCUT2D eigenvalue weighted by atomic mass is 79.9. The van der Waals surface area contributed by atoms with Gasteiger partial charge in [-0.15, -0.1) is 0 Å². The lowest BCUT2D eigenvalue weighted by Crippen LogP contribution is -2.25. The van der Waals surface area contributed by atoms with E-state index < -0.39 is 12.1 Å². The van der Waals surface area contributed by atoms with Crippen LogP contribution in [0.2, 0.25) is 5.02 Å². The van der Waals surface area contributed by atoms with E-state index in [-0.39, 0.29) is 22.2 Å². The van der Waals surface area contributed by atoms with Crippen molar-refractivity contribution in [3.05, 3.63) is 60.0 Å². The van der Waals surface area contributed by atoms with E-state index in [0.717, 1.165) is 30.2 Å². The summed E-state index contributed by atoms with van der Waals surface area (Å²) in [5, 5.41) is 5.29. The molecule has 1 aliphatic rings. The molecule has 0 saturated heterocycles. The Kier molecular flexibility index (Phi) is 9.49. The van der Waals surface area contributed by atoms with Crippen molar-refractivity contribution in [1.29, 1.82) is 0 Å². The summed E-state index contributed by atoms with van der Waals surface area (Å²) in [6, 6.07) is 7.18. The number of carbonyl (C=O) groups is 1. The van der Waals surface area contributed by atoms with Crippen LogP contribution >= 0.6 is 43.5 Å². The minimum atomic E-state index is -0.900. The first-order chi connectivity index (χ1) is 18.2. The zero-order valence-corrected chi connectivity index (χ0v) is 25.2. The van der Waals surface area contributed by atoms with Crippen molar-refractivity contribution in [2.45, 2.75) is 58.0 Å². The van der Waals surface area contributed by atoms with E-state index >= 15 is 0 Å². The Hall–Kier alpha value is -2.43. The van der Waals surface area contributed by atoms with E-state index in [4.69, 9.17) is 30.8 Å². The monoisotopic (exact) mass is 667 g/mol. The molecule has 0 radical (unpaired) electrons. The summed E-state index contributed by atoms with van der Waals surface area (Å²) in [6.07, 6.45) is 5.92. The van der Waals surface area contributed by atoms with E-state index in [2.05, 4.69) is 37.0 Å². The predicted molar refractivity (Wildman–Crippen MR) is 155 cm³/mol. The third-order valence-electron chi connectivity index (χ3n) is 6.40. The van der Waals surface area contributed by atoms with Gasteiger partial charge >= 0.3 is 5.97 Å². The number of esters is 1. The quantitative estimate of drug-likeness (QED) is 0.193. The molecule has 0 aliphatic heterocycles. The van der Waals surface area contributed by atoms with Crippen LogP contribution in [-0.2, 0) is 9.53 Å². The molecule has 0 bridgehead atoms. The first kappa shape index (κ1) is 28.6. The van der Waals surface area contributed by atoms with E-state index in [0.29, 0.717) is 39.1 Å². The van der Waals surface area contributed by atoms with Crippen molar-refractivity contribution in [2.75, 3.05) is 13.7 Å². The summed E-state index contributed by atoms with van der Waals surface area (Å²) in [4.78, 5) is 30.4. The number of rotatable bonds is 8. The largest absolute Gasteiger partial charge is 0.490 e. The van der Waals surface area contributed by atoms with Crippen molar-refractivity contribution in [3.63, 3.8) is 0 Å². The number of carbonyl (C=O) groups excluding carboxylic acids is 1. The third-order valence-corrected chi connectivity index (χ3v) is 8.34. The Morgan fingerprint density at radius 3 is 2.68 bits per heavy atom. The number of methoxy groups -OCH3 is 1. The molecule has 2 aromatic carbocycles. The van der Waals surface area contributed by atoms with Crippen LogP contribution in [0.15, 0.2) is 43.1 Å². The number of aromatic nitrogens is 2. The van der Waals surface area contributed by atoms with Crippen LogP contribution in [0.5, 0.6) is 11.5 Å². The Bertz CT molecular complexity index is 1440. The molecule has 1 heterocycles. The minimum absolute atomic E-state index is 0.142. The molecule has 0 amide bonds. The molecular weight excluding hydrogens is 642 g/mol. The highest BCUT2D eigenvalue weighted by Gasteiger charge is 2.25. The third kappa shape index (κ3) is 6.07. The van der Waals surface area contributed by atoms with Gasteiger partial charge in [0.15, 0.2) is 17.6 Å². The lowest BCUT2D eigenvalue weighted by Gasteiger charge is -2.23. The van der Waals surface area contributed by atoms with Gasteiger partial charge in [-0.3, -0.25) is 4.79 Å². The average Bonchev–Trinajstić information content (AvgIpc) is 2.92. The van der Waals surface area contributed by atoms with Crippen molar-refractivity contribution in [3.8, 4) is 11.5 Å². The molecule has 8 nitrogen and oxygen atoms in total. The molecule has 1 saturated carbocycles. The fourth-order valence-corrected chi connectivity index (χ4v) is 5.49. The van der Waals surface area contributed by atoms with Crippen molar-refractivity contribution >= 4 is 66.5 Å². The molecule has 11 heteroatoms. The Morgan fingerprint density at radius 1 is 1.26 bits per heavy atom. The molecule has 0 unspecified atom stereocenters. The minimum Gasteiger partial charge on any atom is -0.490 e. The normalized spacial score (nSPS) is 15.1. The lowest BCUT2D eigenvalue weighted by molar-refractivity contribution is -0.147. The first-order valence-electron chi connectivity index (χ1n) is 12.4. The molecule has 3 aromatic rings. The zero-order chi connectivity index (χ0) is 27.4. The second kappa shape index (κ2) is 12.6. The van der Waals surface area contributed by atoms with E-state index in [1.165, 1.54) is 18.2 Å². The number of benzene rings is 2. The predicted octanol–water partition coefficient (Wildman–Crippen LogP) is 6.84. The number of nitrogens with zero attached hydrogens (tertiary/aromatic N) is 3. The molecule has 0 spiro atoms. The van der Waals surface area contributed by atoms with Crippen LogP contribution in [-0.4, -0.2) is 41.7 Å². The van der Waals surface area contributed by atoms with Crippen LogP contribution in [0.3, 0.4) is 0 Å². The summed E-state index contributed by atoms with van der Waals surface area (Å²) in [5.41, 5.74) is 0.967. The topological polar surface area (TPSA) is 92.0 Å². The van der Waals surface area contributed by atoms with Gasteiger partial charge in [0, 0.05) is 20.4 Å². The Labute approximate surface area is 242 Å². The van der Waals surface area contributed by atoms with Gasteiger partial charge in [-0.05, 0) is 66.9 Å². The van der Waals surface area contributed by atoms with Crippen molar-refractivity contribution in [1.82, 2.24) is 9.66 Å². The lowest BCUT2D eigenvalue weighted by atomic mass is 9.88. The maximum absolute atomic E-state index is 13.6. The van der Waals surface area contributed by atoms with Crippen LogP contribution in [0.1, 0.15) is 63.3 Å². The van der Waals surface area contributed by atoms with Gasteiger partial charge in [0.1, 0.15) is 10.8 Å². The summed E-state index contributed by atoms with van der Waals surface area (Å²) in [6.45, 7) is 3.73. The smallest absolute Gasteiger partial charge is 0.346 e. The van der Waals surface area contributed by atoms with Crippen LogP contribution in [0.25, 0.3) is 10.9 Å². The molecular formula is C27H28Br2ClN3O5. The van der Waals surface area contributed by atoms with Gasteiger partial charge in [-0.1, -0.05) is 46.8 Å². The molecule has 1 aromatic heterocycles. The number of hydrogen-bond acceptors (Lipinski definition) is 7. The van der Waals surface area contributed by atoms with Gasteiger partial charge in [0.25, 0.3) is 5.56 Å². The van der Waals surface area contributed by atoms with Gasteiger partial charge in [0.05, 0.1) is 30.8 Å².